The summed E-state index contributed by atoms with van der Waals surface area (Å²) >= 11 is 6.16. The number of aromatic nitrogens is 3. The van der Waals surface area contributed by atoms with Crippen LogP contribution in [0.5, 0.6) is 11.6 Å². The smallest absolute Gasteiger partial charge is 0.264 e. The summed E-state index contributed by atoms with van der Waals surface area (Å²) in [5.41, 5.74) is 1.82. The molecule has 0 radical (unpaired) electrons. The summed E-state index contributed by atoms with van der Waals surface area (Å²) in [7, 11) is 0. The fraction of sp³-hybridized carbons (Fsp3) is 0.0588. The molecule has 0 aliphatic heterocycles. The number of hydrogen-bond acceptors (Lipinski definition) is 5. The number of pyridine rings is 1. The molecule has 3 rings (SSSR count). The van der Waals surface area contributed by atoms with Gasteiger partial charge in [0.2, 0.25) is 5.88 Å². The van der Waals surface area contributed by atoms with E-state index in [1.165, 1.54) is 18.3 Å². The largest absolute Gasteiger partial charge is 0.437 e. The molecule has 0 saturated heterocycles. The van der Waals surface area contributed by atoms with Gasteiger partial charge in [-0.3, -0.25) is 4.79 Å². The molecule has 1 aromatic carbocycles. The molecule has 6 nitrogen and oxygen atoms in total. The number of nitrogens with zero attached hydrogens (tertiary/aromatic N) is 3. The summed E-state index contributed by atoms with van der Waals surface area (Å²) in [5, 5.41) is 15.7. The number of H-pyrrole nitrogens is 1. The first-order valence-corrected chi connectivity index (χ1v) is 7.39. The number of nitrogens with one attached hydrogen (secondary N) is 1. The van der Waals surface area contributed by atoms with Crippen molar-refractivity contribution in [3.63, 3.8) is 0 Å². The number of hydrogen-bond donors (Lipinski definition) is 1. The van der Waals surface area contributed by atoms with Gasteiger partial charge in [-0.25, -0.2) is 10.1 Å². The lowest BCUT2D eigenvalue weighted by atomic mass is 10.1. The molecule has 0 saturated carbocycles. The highest BCUT2D eigenvalue weighted by atomic mass is 35.5. The summed E-state index contributed by atoms with van der Waals surface area (Å²) in [6, 6.07) is 13.6. The number of aromatic amines is 1. The maximum Gasteiger partial charge on any atom is 0.264 e. The van der Waals surface area contributed by atoms with Crippen LogP contribution in [0.1, 0.15) is 16.8 Å². The van der Waals surface area contributed by atoms with Gasteiger partial charge in [-0.1, -0.05) is 17.7 Å². The molecule has 7 heteroatoms. The van der Waals surface area contributed by atoms with Crippen LogP contribution >= 0.6 is 11.6 Å². The summed E-state index contributed by atoms with van der Waals surface area (Å²) in [6.45, 7) is 0. The van der Waals surface area contributed by atoms with Gasteiger partial charge < -0.3 is 4.74 Å². The van der Waals surface area contributed by atoms with Gasteiger partial charge in [0, 0.05) is 24.8 Å². The van der Waals surface area contributed by atoms with Gasteiger partial charge in [0.05, 0.1) is 22.3 Å². The van der Waals surface area contributed by atoms with E-state index in [1.807, 2.05) is 12.1 Å². The first kappa shape index (κ1) is 15.7. The lowest BCUT2D eigenvalue weighted by Gasteiger charge is -2.09. The second-order valence-corrected chi connectivity index (χ2v) is 5.36. The molecule has 0 bridgehead atoms. The molecular formula is C17H11ClN4O2. The molecule has 0 amide bonds. The van der Waals surface area contributed by atoms with Crippen molar-refractivity contribution in [1.82, 2.24) is 15.2 Å². The summed E-state index contributed by atoms with van der Waals surface area (Å²) in [6.07, 6.45) is 2.01. The average molecular weight is 339 g/mol. The second-order valence-electron chi connectivity index (χ2n) is 4.95. The van der Waals surface area contributed by atoms with Gasteiger partial charge in [-0.05, 0) is 29.8 Å². The number of ether oxygens (including phenoxy) is 1. The van der Waals surface area contributed by atoms with Gasteiger partial charge in [0.15, 0.2) is 0 Å². The third-order valence-electron chi connectivity index (χ3n) is 3.20. The standard InChI is InChI=1S/C17H11ClN4O2/c18-14-3-1-11(7-13-2-4-16(23)22-21-13)8-15(14)24-17-9-12(10-19)5-6-20-17/h1-6,8-9H,7H2,(H,22,23). The molecule has 118 valence electrons. The minimum absolute atomic E-state index is 0.248. The van der Waals surface area contributed by atoms with Gasteiger partial charge in [-0.2, -0.15) is 10.4 Å². The van der Waals surface area contributed by atoms with Gasteiger partial charge in [0.25, 0.3) is 5.56 Å². The van der Waals surface area contributed by atoms with Gasteiger partial charge >= 0.3 is 0 Å². The van der Waals surface area contributed by atoms with E-state index in [1.54, 1.807) is 24.3 Å². The molecule has 0 aliphatic carbocycles. The Labute approximate surface area is 142 Å². The molecule has 0 unspecified atom stereocenters. The zero-order valence-corrected chi connectivity index (χ0v) is 13.1. The molecular weight excluding hydrogens is 328 g/mol. The highest BCUT2D eigenvalue weighted by Crippen LogP contribution is 2.30. The molecule has 0 spiro atoms. The van der Waals surface area contributed by atoms with Crippen molar-refractivity contribution in [3.8, 4) is 17.7 Å². The Kier molecular flexibility index (Phi) is 4.54. The minimum Gasteiger partial charge on any atom is -0.437 e. The Morgan fingerprint density at radius 3 is 2.83 bits per heavy atom. The van der Waals surface area contributed by atoms with Crippen LogP contribution in [-0.2, 0) is 6.42 Å². The predicted octanol–water partition coefficient (Wildman–Crippen LogP) is 3.07. The quantitative estimate of drug-likeness (QED) is 0.789. The molecule has 2 aromatic heterocycles. The SMILES string of the molecule is N#Cc1ccnc(Oc2cc(Cc3ccc(=O)[nH]n3)ccc2Cl)c1. The Morgan fingerprint density at radius 1 is 1.21 bits per heavy atom. The summed E-state index contributed by atoms with van der Waals surface area (Å²) in [4.78, 5) is 15.1. The monoisotopic (exact) mass is 338 g/mol. The van der Waals surface area contributed by atoms with E-state index in [9.17, 15) is 4.79 Å². The number of halogens is 1. The average Bonchev–Trinajstić information content (AvgIpc) is 2.60. The van der Waals surface area contributed by atoms with Crippen LogP contribution in [0.25, 0.3) is 0 Å². The third kappa shape index (κ3) is 3.77. The lowest BCUT2D eigenvalue weighted by Crippen LogP contribution is -2.07. The Hall–Kier alpha value is -3.17. The number of benzene rings is 1. The minimum atomic E-state index is -0.248. The molecule has 0 aliphatic rings. The van der Waals surface area contributed by atoms with E-state index in [-0.39, 0.29) is 11.4 Å². The fourth-order valence-electron chi connectivity index (χ4n) is 2.06. The molecule has 3 aromatic rings. The van der Waals surface area contributed by atoms with Crippen molar-refractivity contribution in [2.45, 2.75) is 6.42 Å². The van der Waals surface area contributed by atoms with Crippen molar-refractivity contribution in [1.29, 1.82) is 5.26 Å². The Balaban J connectivity index is 1.84. The molecule has 0 atom stereocenters. The summed E-state index contributed by atoms with van der Waals surface area (Å²) in [5.74, 6) is 0.719. The van der Waals surface area contributed by atoms with Gasteiger partial charge in [0.1, 0.15) is 5.75 Å². The van der Waals surface area contributed by atoms with Crippen molar-refractivity contribution >= 4 is 11.6 Å². The third-order valence-corrected chi connectivity index (χ3v) is 3.51. The van der Waals surface area contributed by atoms with Crippen molar-refractivity contribution in [2.75, 3.05) is 0 Å². The zero-order valence-electron chi connectivity index (χ0n) is 12.4. The van der Waals surface area contributed by atoms with E-state index < -0.39 is 0 Å². The Morgan fingerprint density at radius 2 is 2.08 bits per heavy atom. The number of rotatable bonds is 4. The first-order chi connectivity index (χ1) is 11.6. The van der Waals surface area contributed by atoms with E-state index in [4.69, 9.17) is 21.6 Å². The predicted molar refractivity (Wildman–Crippen MR) is 88.1 cm³/mol. The summed E-state index contributed by atoms with van der Waals surface area (Å²) < 4.78 is 5.68. The topological polar surface area (TPSA) is 91.7 Å². The van der Waals surface area contributed by atoms with Crippen LogP contribution in [0.3, 0.4) is 0 Å². The Bertz CT molecular complexity index is 958. The highest BCUT2D eigenvalue weighted by Gasteiger charge is 2.08. The maximum atomic E-state index is 11.0. The number of nitriles is 1. The molecule has 1 N–H and O–H groups in total. The fourth-order valence-corrected chi connectivity index (χ4v) is 2.22. The van der Waals surface area contributed by atoms with Crippen LogP contribution in [0.15, 0.2) is 53.5 Å². The van der Waals surface area contributed by atoms with Crippen LogP contribution < -0.4 is 10.3 Å². The molecule has 24 heavy (non-hydrogen) atoms. The maximum absolute atomic E-state index is 11.0. The van der Waals surface area contributed by atoms with E-state index in [2.05, 4.69) is 15.2 Å². The molecule has 0 fully saturated rings. The first-order valence-electron chi connectivity index (χ1n) is 7.01. The van der Waals surface area contributed by atoms with E-state index in [0.717, 1.165) is 5.56 Å². The van der Waals surface area contributed by atoms with Crippen LogP contribution in [-0.4, -0.2) is 15.2 Å². The van der Waals surface area contributed by atoms with E-state index >= 15 is 0 Å². The second kappa shape index (κ2) is 6.94. The van der Waals surface area contributed by atoms with E-state index in [0.29, 0.717) is 28.5 Å². The van der Waals surface area contributed by atoms with Crippen LogP contribution in [0.4, 0.5) is 0 Å². The normalized spacial score (nSPS) is 10.2. The zero-order chi connectivity index (χ0) is 16.9. The highest BCUT2D eigenvalue weighted by molar-refractivity contribution is 6.32. The van der Waals surface area contributed by atoms with Crippen LogP contribution in [0.2, 0.25) is 5.02 Å². The van der Waals surface area contributed by atoms with Gasteiger partial charge in [-0.15, -0.1) is 0 Å². The van der Waals surface area contributed by atoms with Crippen molar-refractivity contribution in [2.24, 2.45) is 0 Å². The van der Waals surface area contributed by atoms with Crippen molar-refractivity contribution in [3.05, 3.63) is 80.9 Å². The van der Waals surface area contributed by atoms with Crippen molar-refractivity contribution < 1.29 is 4.74 Å². The lowest BCUT2D eigenvalue weighted by molar-refractivity contribution is 0.462. The van der Waals surface area contributed by atoms with Crippen LogP contribution in [0, 0.1) is 11.3 Å². The molecule has 2 heterocycles.